The third-order valence-corrected chi connectivity index (χ3v) is 7.56. The number of carbonyl (C=O) groups is 1. The van der Waals surface area contributed by atoms with Gasteiger partial charge in [0.1, 0.15) is 12.4 Å². The number of hydrogen-bond acceptors (Lipinski definition) is 7. The van der Waals surface area contributed by atoms with Crippen LogP contribution in [0.5, 0.6) is 5.75 Å². The molecule has 8 nitrogen and oxygen atoms in total. The topological polar surface area (TPSA) is 101 Å². The van der Waals surface area contributed by atoms with Crippen molar-refractivity contribution in [1.82, 2.24) is 4.98 Å². The van der Waals surface area contributed by atoms with Gasteiger partial charge >= 0.3 is 0 Å². The Bertz CT molecular complexity index is 1640. The SMILES string of the molecule is C#CCOc1ccc(-c2csc(NC(=O)C=C)n2)cc1NS(=O)(=O)c1cccc2c(N(C)C)cccc12. The first-order valence-corrected chi connectivity index (χ1v) is 13.4. The predicted octanol–water partition coefficient (Wildman–Crippen LogP) is 4.97. The molecule has 0 saturated carbocycles. The molecule has 0 aliphatic carbocycles. The number of rotatable bonds is 9. The summed E-state index contributed by atoms with van der Waals surface area (Å²) in [7, 11) is -0.220. The Balaban J connectivity index is 1.75. The van der Waals surface area contributed by atoms with Gasteiger partial charge in [0.05, 0.1) is 16.3 Å². The lowest BCUT2D eigenvalue weighted by Gasteiger charge is -2.18. The highest BCUT2D eigenvalue weighted by Crippen LogP contribution is 2.36. The number of hydrogen-bond donors (Lipinski definition) is 2. The number of aromatic nitrogens is 1. The molecule has 0 fully saturated rings. The van der Waals surface area contributed by atoms with Crippen molar-refractivity contribution in [2.75, 3.05) is 35.6 Å². The Kier molecular flexibility index (Phi) is 7.47. The van der Waals surface area contributed by atoms with E-state index in [-0.39, 0.29) is 28.8 Å². The van der Waals surface area contributed by atoms with Gasteiger partial charge in [0.25, 0.3) is 10.0 Å². The van der Waals surface area contributed by atoms with Crippen LogP contribution in [0, 0.1) is 12.3 Å². The maximum atomic E-state index is 13.6. The number of amides is 1. The summed E-state index contributed by atoms with van der Waals surface area (Å²) >= 11 is 1.24. The van der Waals surface area contributed by atoms with Crippen molar-refractivity contribution in [3.05, 3.63) is 72.6 Å². The second-order valence-electron chi connectivity index (χ2n) is 8.06. The minimum atomic E-state index is -4.03. The average molecular weight is 533 g/mol. The molecule has 0 unspecified atom stereocenters. The zero-order valence-electron chi connectivity index (χ0n) is 20.2. The molecule has 4 aromatic rings. The van der Waals surface area contributed by atoms with Gasteiger partial charge < -0.3 is 9.64 Å². The fraction of sp³-hybridized carbons (Fsp3) is 0.111. The molecule has 0 bridgehead atoms. The van der Waals surface area contributed by atoms with E-state index < -0.39 is 10.0 Å². The summed E-state index contributed by atoms with van der Waals surface area (Å²) in [6.07, 6.45) is 6.51. The van der Waals surface area contributed by atoms with Crippen molar-refractivity contribution in [2.45, 2.75) is 4.90 Å². The molecule has 0 aliphatic rings. The fourth-order valence-electron chi connectivity index (χ4n) is 3.72. The number of anilines is 3. The van der Waals surface area contributed by atoms with Crippen LogP contribution >= 0.6 is 11.3 Å². The summed E-state index contributed by atoms with van der Waals surface area (Å²) in [6, 6.07) is 15.7. The highest BCUT2D eigenvalue weighted by atomic mass is 32.2. The van der Waals surface area contributed by atoms with E-state index in [1.165, 1.54) is 11.3 Å². The third-order valence-electron chi connectivity index (χ3n) is 5.38. The molecular weight excluding hydrogens is 508 g/mol. The smallest absolute Gasteiger partial charge is 0.262 e. The molecule has 0 atom stereocenters. The molecule has 0 spiro atoms. The lowest BCUT2D eigenvalue weighted by Crippen LogP contribution is -2.15. The first-order chi connectivity index (χ1) is 17.7. The van der Waals surface area contributed by atoms with Gasteiger partial charge in [-0.2, -0.15) is 0 Å². The Hall–Kier alpha value is -4.33. The fourth-order valence-corrected chi connectivity index (χ4v) is 5.73. The second-order valence-corrected chi connectivity index (χ2v) is 10.6. The number of fused-ring (bicyclic) bond motifs is 1. The van der Waals surface area contributed by atoms with Gasteiger partial charge in [-0.15, -0.1) is 17.8 Å². The molecule has 188 valence electrons. The highest BCUT2D eigenvalue weighted by molar-refractivity contribution is 7.93. The molecule has 0 saturated heterocycles. The molecular formula is C27H24N4O4S2. The van der Waals surface area contributed by atoms with Crippen LogP contribution in [0.2, 0.25) is 0 Å². The summed E-state index contributed by atoms with van der Waals surface area (Å²) in [6.45, 7) is 3.39. The average Bonchev–Trinajstić information content (AvgIpc) is 3.35. The number of nitrogens with one attached hydrogen (secondary N) is 2. The second kappa shape index (κ2) is 10.7. The standard InChI is InChI=1S/C27H24N4O4S2/c1-5-15-35-24-14-13-18(22-17-36-27(28-22)29-26(32)6-2)16-21(24)30-37(33,34)25-12-8-9-19-20(25)10-7-11-23(19)31(3)4/h1,6-14,16-17,30H,2,15H2,3-4H3,(H,28,29,32). The molecule has 3 aromatic carbocycles. The van der Waals surface area contributed by atoms with Crippen LogP contribution in [0.4, 0.5) is 16.5 Å². The van der Waals surface area contributed by atoms with E-state index in [4.69, 9.17) is 11.2 Å². The number of nitrogens with zero attached hydrogens (tertiary/aromatic N) is 2. The van der Waals surface area contributed by atoms with Crippen LogP contribution < -0.4 is 19.7 Å². The maximum Gasteiger partial charge on any atom is 0.262 e. The van der Waals surface area contributed by atoms with E-state index >= 15 is 0 Å². The number of ether oxygens (including phenoxy) is 1. The summed E-state index contributed by atoms with van der Waals surface area (Å²) in [5, 5.41) is 6.15. The van der Waals surface area contributed by atoms with Crippen molar-refractivity contribution >= 4 is 54.5 Å². The van der Waals surface area contributed by atoms with Gasteiger partial charge in [-0.25, -0.2) is 13.4 Å². The minimum absolute atomic E-state index is 0.0387. The Morgan fingerprint density at radius 2 is 1.95 bits per heavy atom. The number of carbonyl (C=O) groups excluding carboxylic acids is 1. The zero-order chi connectivity index (χ0) is 26.6. The van der Waals surface area contributed by atoms with Gasteiger partial charge in [-0.05, 0) is 36.4 Å². The van der Waals surface area contributed by atoms with Gasteiger partial charge in [-0.1, -0.05) is 36.8 Å². The van der Waals surface area contributed by atoms with E-state index in [1.54, 1.807) is 41.8 Å². The van der Waals surface area contributed by atoms with Gasteiger partial charge in [0, 0.05) is 41.5 Å². The molecule has 10 heteroatoms. The zero-order valence-corrected chi connectivity index (χ0v) is 21.8. The van der Waals surface area contributed by atoms with E-state index in [9.17, 15) is 13.2 Å². The Morgan fingerprint density at radius 1 is 1.19 bits per heavy atom. The monoisotopic (exact) mass is 532 g/mol. The summed E-state index contributed by atoms with van der Waals surface area (Å²) < 4.78 is 35.6. The van der Waals surface area contributed by atoms with Crippen LogP contribution in [0.25, 0.3) is 22.0 Å². The summed E-state index contributed by atoms with van der Waals surface area (Å²) in [5.74, 6) is 2.29. The largest absolute Gasteiger partial charge is 0.479 e. The van der Waals surface area contributed by atoms with Crippen LogP contribution in [-0.2, 0) is 14.8 Å². The van der Waals surface area contributed by atoms with Crippen LogP contribution in [0.15, 0.2) is 77.5 Å². The molecule has 4 rings (SSSR count). The molecule has 1 amide bonds. The first-order valence-electron chi connectivity index (χ1n) is 11.0. The quantitative estimate of drug-likeness (QED) is 0.233. The minimum Gasteiger partial charge on any atom is -0.479 e. The number of sulfonamides is 1. The van der Waals surface area contributed by atoms with E-state index in [2.05, 4.69) is 27.5 Å². The molecule has 37 heavy (non-hydrogen) atoms. The van der Waals surface area contributed by atoms with E-state index in [1.807, 2.05) is 37.2 Å². The number of terminal acetylenes is 1. The van der Waals surface area contributed by atoms with Crippen molar-refractivity contribution in [3.63, 3.8) is 0 Å². The summed E-state index contributed by atoms with van der Waals surface area (Å²) in [5.41, 5.74) is 2.28. The Morgan fingerprint density at radius 3 is 2.68 bits per heavy atom. The predicted molar refractivity (Wildman–Crippen MR) is 150 cm³/mol. The molecule has 0 radical (unpaired) electrons. The number of benzene rings is 3. The molecule has 1 aromatic heterocycles. The van der Waals surface area contributed by atoms with Crippen LogP contribution in [-0.4, -0.2) is 40.0 Å². The van der Waals surface area contributed by atoms with E-state index in [0.29, 0.717) is 21.8 Å². The summed E-state index contributed by atoms with van der Waals surface area (Å²) in [4.78, 5) is 18.1. The van der Waals surface area contributed by atoms with E-state index in [0.717, 1.165) is 17.1 Å². The molecule has 1 heterocycles. The lowest BCUT2D eigenvalue weighted by molar-refractivity contribution is -0.111. The number of thiazole rings is 1. The molecule has 2 N–H and O–H groups in total. The van der Waals surface area contributed by atoms with Crippen molar-refractivity contribution in [3.8, 4) is 29.4 Å². The maximum absolute atomic E-state index is 13.6. The van der Waals surface area contributed by atoms with Gasteiger partial charge in [0.15, 0.2) is 5.13 Å². The lowest BCUT2D eigenvalue weighted by atomic mass is 10.1. The van der Waals surface area contributed by atoms with Gasteiger partial charge in [-0.3, -0.25) is 14.8 Å². The van der Waals surface area contributed by atoms with Crippen molar-refractivity contribution < 1.29 is 17.9 Å². The normalized spacial score (nSPS) is 10.9. The Labute approximate surface area is 219 Å². The third kappa shape index (κ3) is 5.58. The van der Waals surface area contributed by atoms with Crippen molar-refractivity contribution in [1.29, 1.82) is 0 Å². The highest BCUT2D eigenvalue weighted by Gasteiger charge is 2.21. The molecule has 0 aliphatic heterocycles. The first kappa shape index (κ1) is 25.8. The van der Waals surface area contributed by atoms with Crippen LogP contribution in [0.1, 0.15) is 0 Å². The van der Waals surface area contributed by atoms with Gasteiger partial charge in [0.2, 0.25) is 5.91 Å². The van der Waals surface area contributed by atoms with Crippen molar-refractivity contribution in [2.24, 2.45) is 0 Å². The van der Waals surface area contributed by atoms with Crippen LogP contribution in [0.3, 0.4) is 0 Å².